The highest BCUT2D eigenvalue weighted by Gasteiger charge is 2.28. The second-order valence-corrected chi connectivity index (χ2v) is 5.32. The van der Waals surface area contributed by atoms with Gasteiger partial charge < -0.3 is 4.90 Å². The van der Waals surface area contributed by atoms with Gasteiger partial charge in [-0.15, -0.1) is 6.42 Å². The molecular formula is C16H17N3O. The highest BCUT2D eigenvalue weighted by atomic mass is 16.2. The first-order chi connectivity index (χ1) is 9.70. The average molecular weight is 267 g/mol. The number of rotatable bonds is 4. The predicted molar refractivity (Wildman–Crippen MR) is 78.2 cm³/mol. The minimum Gasteiger partial charge on any atom is -0.326 e. The molecule has 0 radical (unpaired) electrons. The zero-order valence-electron chi connectivity index (χ0n) is 11.5. The molecule has 1 aliphatic carbocycles. The number of carbonyl (C=O) groups excluding carboxylic acids is 1. The molecule has 0 unspecified atom stereocenters. The van der Waals surface area contributed by atoms with Crippen LogP contribution in [0.15, 0.2) is 24.3 Å². The van der Waals surface area contributed by atoms with Crippen LogP contribution in [0, 0.1) is 18.3 Å². The van der Waals surface area contributed by atoms with Crippen LogP contribution < -0.4 is 0 Å². The van der Waals surface area contributed by atoms with Crippen LogP contribution in [0.1, 0.15) is 23.3 Å². The maximum absolute atomic E-state index is 12.7. The summed E-state index contributed by atoms with van der Waals surface area (Å²) in [7, 11) is 1.85. The zero-order valence-corrected chi connectivity index (χ0v) is 11.5. The second kappa shape index (κ2) is 5.01. The normalized spacial score (nSPS) is 14.2. The van der Waals surface area contributed by atoms with Gasteiger partial charge in [0.1, 0.15) is 0 Å². The van der Waals surface area contributed by atoms with Crippen LogP contribution in [-0.2, 0) is 7.05 Å². The van der Waals surface area contributed by atoms with E-state index >= 15 is 0 Å². The minimum atomic E-state index is -0.0633. The Morgan fingerprint density at radius 1 is 1.50 bits per heavy atom. The number of benzene rings is 1. The molecule has 1 saturated carbocycles. The van der Waals surface area contributed by atoms with E-state index in [-0.39, 0.29) is 5.91 Å². The number of aromatic nitrogens is 2. The molecule has 1 amide bonds. The van der Waals surface area contributed by atoms with Gasteiger partial charge in [0.05, 0.1) is 12.1 Å². The Hall–Kier alpha value is -2.28. The summed E-state index contributed by atoms with van der Waals surface area (Å²) < 4.78 is 1.74. The summed E-state index contributed by atoms with van der Waals surface area (Å²) in [5.41, 5.74) is 1.46. The van der Waals surface area contributed by atoms with Gasteiger partial charge in [0.15, 0.2) is 5.69 Å². The molecule has 4 nitrogen and oxygen atoms in total. The largest absolute Gasteiger partial charge is 0.326 e. The van der Waals surface area contributed by atoms with Gasteiger partial charge in [-0.3, -0.25) is 9.48 Å². The Kier molecular flexibility index (Phi) is 3.19. The SMILES string of the molecule is C#CCN(CC1CC1)C(=O)c1nn(C)c2ccccc12. The maximum atomic E-state index is 12.7. The molecule has 0 bridgehead atoms. The van der Waals surface area contributed by atoms with E-state index in [9.17, 15) is 4.79 Å². The number of terminal acetylenes is 1. The van der Waals surface area contributed by atoms with Crippen LogP contribution in [-0.4, -0.2) is 33.7 Å². The number of para-hydroxylation sites is 1. The lowest BCUT2D eigenvalue weighted by Gasteiger charge is -2.18. The van der Waals surface area contributed by atoms with Crippen molar-refractivity contribution < 1.29 is 4.79 Å². The van der Waals surface area contributed by atoms with Gasteiger partial charge in [-0.05, 0) is 24.8 Å². The van der Waals surface area contributed by atoms with Crippen molar-refractivity contribution in [2.45, 2.75) is 12.8 Å². The summed E-state index contributed by atoms with van der Waals surface area (Å²) in [5, 5.41) is 5.26. The summed E-state index contributed by atoms with van der Waals surface area (Å²) in [4.78, 5) is 14.4. The van der Waals surface area contributed by atoms with Gasteiger partial charge in [-0.25, -0.2) is 0 Å². The van der Waals surface area contributed by atoms with Crippen molar-refractivity contribution >= 4 is 16.8 Å². The van der Waals surface area contributed by atoms with Gasteiger partial charge in [-0.1, -0.05) is 24.1 Å². The number of carbonyl (C=O) groups is 1. The van der Waals surface area contributed by atoms with E-state index in [1.807, 2.05) is 31.3 Å². The lowest BCUT2D eigenvalue weighted by Crippen LogP contribution is -2.33. The van der Waals surface area contributed by atoms with E-state index in [1.54, 1.807) is 9.58 Å². The molecule has 20 heavy (non-hydrogen) atoms. The molecule has 1 aliphatic rings. The molecule has 0 saturated heterocycles. The molecule has 0 aliphatic heterocycles. The third-order valence-corrected chi connectivity index (χ3v) is 3.71. The van der Waals surface area contributed by atoms with E-state index in [1.165, 1.54) is 12.8 Å². The molecule has 3 rings (SSSR count). The minimum absolute atomic E-state index is 0.0633. The lowest BCUT2D eigenvalue weighted by molar-refractivity contribution is 0.0765. The maximum Gasteiger partial charge on any atom is 0.275 e. The van der Waals surface area contributed by atoms with Crippen LogP contribution in [0.2, 0.25) is 0 Å². The Morgan fingerprint density at radius 2 is 2.25 bits per heavy atom. The Morgan fingerprint density at radius 3 is 2.95 bits per heavy atom. The standard InChI is InChI=1S/C16H17N3O/c1-3-10-19(11-12-8-9-12)16(20)15-13-6-4-5-7-14(13)18(2)17-15/h1,4-7,12H,8-11H2,2H3. The molecule has 0 spiro atoms. The summed E-state index contributed by atoms with van der Waals surface area (Å²) >= 11 is 0. The zero-order chi connectivity index (χ0) is 14.1. The Bertz CT molecular complexity index is 691. The molecule has 1 aromatic heterocycles. The van der Waals surface area contributed by atoms with Crippen LogP contribution in [0.5, 0.6) is 0 Å². The smallest absolute Gasteiger partial charge is 0.275 e. The molecule has 0 N–H and O–H groups in total. The number of aryl methyl sites for hydroxylation is 1. The van der Waals surface area contributed by atoms with E-state index in [4.69, 9.17) is 6.42 Å². The van der Waals surface area contributed by atoms with E-state index in [2.05, 4.69) is 11.0 Å². The van der Waals surface area contributed by atoms with Crippen molar-refractivity contribution in [1.82, 2.24) is 14.7 Å². The number of fused-ring (bicyclic) bond motifs is 1. The Labute approximate surface area is 118 Å². The number of hydrogen-bond acceptors (Lipinski definition) is 2. The average Bonchev–Trinajstić information content (AvgIpc) is 3.21. The fourth-order valence-electron chi connectivity index (χ4n) is 2.46. The molecular weight excluding hydrogens is 250 g/mol. The molecule has 1 fully saturated rings. The highest BCUT2D eigenvalue weighted by molar-refractivity contribution is 6.04. The van der Waals surface area contributed by atoms with Gasteiger partial charge in [-0.2, -0.15) is 5.10 Å². The van der Waals surface area contributed by atoms with Gasteiger partial charge in [0.25, 0.3) is 5.91 Å². The number of amides is 1. The number of hydrogen-bond donors (Lipinski definition) is 0. The van der Waals surface area contributed by atoms with Crippen LogP contribution in [0.25, 0.3) is 10.9 Å². The Balaban J connectivity index is 1.96. The third kappa shape index (κ3) is 2.27. The van der Waals surface area contributed by atoms with Crippen molar-refractivity contribution in [3.63, 3.8) is 0 Å². The van der Waals surface area contributed by atoms with E-state index in [0.29, 0.717) is 18.2 Å². The monoisotopic (exact) mass is 267 g/mol. The first-order valence-corrected chi connectivity index (χ1v) is 6.85. The predicted octanol–water partition coefficient (Wildman–Crippen LogP) is 2.06. The van der Waals surface area contributed by atoms with Crippen LogP contribution >= 0.6 is 0 Å². The highest BCUT2D eigenvalue weighted by Crippen LogP contribution is 2.30. The first kappa shape index (κ1) is 12.7. The van der Waals surface area contributed by atoms with Crippen molar-refractivity contribution in [3.8, 4) is 12.3 Å². The quantitative estimate of drug-likeness (QED) is 0.795. The van der Waals surface area contributed by atoms with E-state index < -0.39 is 0 Å². The van der Waals surface area contributed by atoms with Gasteiger partial charge in [0, 0.05) is 19.0 Å². The molecule has 1 heterocycles. The summed E-state index contributed by atoms with van der Waals surface area (Å²) in [6, 6.07) is 7.77. The van der Waals surface area contributed by atoms with Crippen molar-refractivity contribution in [2.24, 2.45) is 13.0 Å². The molecule has 0 atom stereocenters. The van der Waals surface area contributed by atoms with Crippen molar-refractivity contribution in [2.75, 3.05) is 13.1 Å². The molecule has 4 heteroatoms. The van der Waals surface area contributed by atoms with Crippen LogP contribution in [0.3, 0.4) is 0 Å². The van der Waals surface area contributed by atoms with Gasteiger partial charge >= 0.3 is 0 Å². The van der Waals surface area contributed by atoms with Crippen LogP contribution in [0.4, 0.5) is 0 Å². The lowest BCUT2D eigenvalue weighted by atomic mass is 10.2. The fraction of sp³-hybridized carbons (Fsp3) is 0.375. The first-order valence-electron chi connectivity index (χ1n) is 6.85. The number of nitrogens with zero attached hydrogens (tertiary/aromatic N) is 3. The molecule has 102 valence electrons. The topological polar surface area (TPSA) is 38.1 Å². The summed E-state index contributed by atoms with van der Waals surface area (Å²) in [5.74, 6) is 3.13. The van der Waals surface area contributed by atoms with Crippen molar-refractivity contribution in [3.05, 3.63) is 30.0 Å². The fourth-order valence-corrected chi connectivity index (χ4v) is 2.46. The van der Waals surface area contributed by atoms with Crippen molar-refractivity contribution in [1.29, 1.82) is 0 Å². The summed E-state index contributed by atoms with van der Waals surface area (Å²) in [6.45, 7) is 1.09. The van der Waals surface area contributed by atoms with E-state index in [0.717, 1.165) is 17.4 Å². The second-order valence-electron chi connectivity index (χ2n) is 5.32. The van der Waals surface area contributed by atoms with Gasteiger partial charge in [0.2, 0.25) is 0 Å². The summed E-state index contributed by atoms with van der Waals surface area (Å²) in [6.07, 6.45) is 7.77. The molecule has 1 aromatic carbocycles. The third-order valence-electron chi connectivity index (χ3n) is 3.71. The molecule has 2 aromatic rings.